The summed E-state index contributed by atoms with van der Waals surface area (Å²) in [7, 11) is 0. The first-order chi connectivity index (χ1) is 13.8. The number of carbonyl (C=O) groups excluding carboxylic acids is 2. The van der Waals surface area contributed by atoms with Crippen LogP contribution >= 0.6 is 27.7 Å². The van der Waals surface area contributed by atoms with Crippen LogP contribution in [0.3, 0.4) is 0 Å². The number of hydrogen-bond acceptors (Lipinski definition) is 5. The minimum Gasteiger partial charge on any atom is -0.481 e. The number of carboxylic acids is 1. The number of furan rings is 1. The Morgan fingerprint density at radius 3 is 2.72 bits per heavy atom. The van der Waals surface area contributed by atoms with Gasteiger partial charge < -0.3 is 9.52 Å². The molecule has 1 aromatic carbocycles. The Morgan fingerprint density at radius 2 is 2.00 bits per heavy atom. The molecule has 1 aromatic heterocycles. The van der Waals surface area contributed by atoms with E-state index in [2.05, 4.69) is 15.9 Å². The zero-order valence-electron chi connectivity index (χ0n) is 15.2. The molecule has 1 saturated heterocycles. The largest absolute Gasteiger partial charge is 0.481 e. The van der Waals surface area contributed by atoms with Gasteiger partial charge in [0.1, 0.15) is 17.3 Å². The van der Waals surface area contributed by atoms with E-state index in [0.717, 1.165) is 16.7 Å². The fourth-order valence-corrected chi connectivity index (χ4v) is 3.87. The van der Waals surface area contributed by atoms with Crippen molar-refractivity contribution in [3.8, 4) is 11.3 Å². The van der Waals surface area contributed by atoms with Gasteiger partial charge in [-0.2, -0.15) is 0 Å². The van der Waals surface area contributed by atoms with Crippen LogP contribution in [0.2, 0.25) is 0 Å². The number of amides is 2. The molecule has 2 heterocycles. The Morgan fingerprint density at radius 1 is 1.21 bits per heavy atom. The van der Waals surface area contributed by atoms with Crippen LogP contribution in [0.1, 0.15) is 31.4 Å². The van der Waals surface area contributed by atoms with Crippen LogP contribution in [-0.2, 0) is 9.59 Å². The molecule has 152 valence electrons. The minimum atomic E-state index is -0.859. The Balaban J connectivity index is 1.64. The minimum absolute atomic E-state index is 0.0743. The molecule has 0 radical (unpaired) electrons. The standard InChI is InChI=1S/C20H17BrFNO5S/c21-14-7-5-12(10-15(14)22)16-8-6-13(28-16)11-17-19(26)23(20(27)29-17)9-3-1-2-4-18(24)25/h5-8,10-11H,1-4,9H2,(H,24,25). The normalized spacial score (nSPS) is 15.5. The summed E-state index contributed by atoms with van der Waals surface area (Å²) in [5.74, 6) is -0.839. The summed E-state index contributed by atoms with van der Waals surface area (Å²) in [5.41, 5.74) is 0.555. The lowest BCUT2D eigenvalue weighted by Gasteiger charge is -2.11. The lowest BCUT2D eigenvalue weighted by Crippen LogP contribution is -2.29. The maximum absolute atomic E-state index is 13.7. The van der Waals surface area contributed by atoms with E-state index in [9.17, 15) is 18.8 Å². The molecule has 1 fully saturated rings. The number of benzene rings is 1. The van der Waals surface area contributed by atoms with Gasteiger partial charge in [-0.15, -0.1) is 0 Å². The number of aliphatic carboxylic acids is 1. The van der Waals surface area contributed by atoms with E-state index in [1.165, 1.54) is 12.1 Å². The first-order valence-corrected chi connectivity index (χ1v) is 10.5. The average Bonchev–Trinajstić information content (AvgIpc) is 3.23. The summed E-state index contributed by atoms with van der Waals surface area (Å²) < 4.78 is 19.7. The number of unbranched alkanes of at least 4 members (excludes halogenated alkanes) is 2. The number of nitrogens with zero attached hydrogens (tertiary/aromatic N) is 1. The zero-order chi connectivity index (χ0) is 21.0. The van der Waals surface area contributed by atoms with Gasteiger partial charge in [0, 0.05) is 24.6 Å². The Labute approximate surface area is 178 Å². The van der Waals surface area contributed by atoms with Crippen LogP contribution in [0, 0.1) is 5.82 Å². The quantitative estimate of drug-likeness (QED) is 0.393. The van der Waals surface area contributed by atoms with Crippen molar-refractivity contribution in [3.05, 3.63) is 51.3 Å². The summed E-state index contributed by atoms with van der Waals surface area (Å²) >= 11 is 3.93. The summed E-state index contributed by atoms with van der Waals surface area (Å²) in [5, 5.41) is 8.26. The molecular formula is C20H17BrFNO5S. The van der Waals surface area contributed by atoms with Crippen molar-refractivity contribution in [3.63, 3.8) is 0 Å². The number of imide groups is 1. The number of halogens is 2. The molecule has 0 atom stereocenters. The van der Waals surface area contributed by atoms with Gasteiger partial charge in [0.15, 0.2) is 0 Å². The van der Waals surface area contributed by atoms with Gasteiger partial charge in [-0.05, 0) is 70.9 Å². The van der Waals surface area contributed by atoms with E-state index in [-0.39, 0.29) is 23.1 Å². The van der Waals surface area contributed by atoms with Gasteiger partial charge >= 0.3 is 5.97 Å². The molecule has 29 heavy (non-hydrogen) atoms. The van der Waals surface area contributed by atoms with Crippen LogP contribution < -0.4 is 0 Å². The van der Waals surface area contributed by atoms with Crippen LogP contribution in [0.5, 0.6) is 0 Å². The first-order valence-electron chi connectivity index (χ1n) is 8.87. The second kappa shape index (κ2) is 9.41. The fraction of sp³-hybridized carbons (Fsp3) is 0.250. The molecule has 9 heteroatoms. The smallest absolute Gasteiger partial charge is 0.303 e. The van der Waals surface area contributed by atoms with E-state index < -0.39 is 17.7 Å². The molecule has 1 aliphatic heterocycles. The molecule has 0 spiro atoms. The van der Waals surface area contributed by atoms with Crippen molar-refractivity contribution < 1.29 is 28.3 Å². The number of thioether (sulfide) groups is 1. The van der Waals surface area contributed by atoms with Crippen molar-refractivity contribution in [1.29, 1.82) is 0 Å². The molecule has 0 unspecified atom stereocenters. The molecular weight excluding hydrogens is 465 g/mol. The maximum Gasteiger partial charge on any atom is 0.303 e. The SMILES string of the molecule is O=C(O)CCCCCN1C(=O)SC(=Cc2ccc(-c3ccc(Br)c(F)c3)o2)C1=O. The Bertz CT molecular complexity index is 987. The molecule has 0 bridgehead atoms. The van der Waals surface area contributed by atoms with E-state index in [1.807, 2.05) is 0 Å². The van der Waals surface area contributed by atoms with Crippen molar-refractivity contribution in [2.24, 2.45) is 0 Å². The van der Waals surface area contributed by atoms with E-state index >= 15 is 0 Å². The van der Waals surface area contributed by atoms with Gasteiger partial charge in [-0.25, -0.2) is 4.39 Å². The highest BCUT2D eigenvalue weighted by atomic mass is 79.9. The molecule has 2 aromatic rings. The van der Waals surface area contributed by atoms with Crippen molar-refractivity contribution in [2.45, 2.75) is 25.7 Å². The highest BCUT2D eigenvalue weighted by molar-refractivity contribution is 9.10. The van der Waals surface area contributed by atoms with Crippen LogP contribution in [0.4, 0.5) is 9.18 Å². The third-order valence-electron chi connectivity index (χ3n) is 4.25. The maximum atomic E-state index is 13.7. The molecule has 3 rings (SSSR count). The predicted octanol–water partition coefficient (Wildman–Crippen LogP) is 5.53. The van der Waals surface area contributed by atoms with Gasteiger partial charge in [-0.3, -0.25) is 19.3 Å². The van der Waals surface area contributed by atoms with Crippen LogP contribution in [0.15, 0.2) is 44.1 Å². The summed E-state index contributed by atoms with van der Waals surface area (Å²) in [4.78, 5) is 36.5. The van der Waals surface area contributed by atoms with E-state index in [0.29, 0.717) is 40.8 Å². The molecule has 6 nitrogen and oxygen atoms in total. The topological polar surface area (TPSA) is 87.8 Å². The van der Waals surface area contributed by atoms with Gasteiger partial charge in [0.2, 0.25) is 0 Å². The first kappa shape index (κ1) is 21.3. The number of hydrogen-bond donors (Lipinski definition) is 1. The van der Waals surface area contributed by atoms with Crippen molar-refractivity contribution in [2.75, 3.05) is 6.54 Å². The molecule has 2 amide bonds. The predicted molar refractivity (Wildman–Crippen MR) is 111 cm³/mol. The highest BCUT2D eigenvalue weighted by Crippen LogP contribution is 2.34. The van der Waals surface area contributed by atoms with Crippen LogP contribution in [-0.4, -0.2) is 33.7 Å². The summed E-state index contributed by atoms with van der Waals surface area (Å²) in [6.45, 7) is 0.253. The van der Waals surface area contributed by atoms with Gasteiger partial charge in [0.05, 0.1) is 9.38 Å². The fourth-order valence-electron chi connectivity index (χ4n) is 2.78. The molecule has 1 aliphatic rings. The third-order valence-corrected chi connectivity index (χ3v) is 5.80. The number of carboxylic acid groups (broad SMARTS) is 1. The second-order valence-corrected chi connectivity index (χ2v) is 8.22. The zero-order valence-corrected chi connectivity index (χ0v) is 17.6. The lowest BCUT2D eigenvalue weighted by atomic mass is 10.2. The van der Waals surface area contributed by atoms with Crippen molar-refractivity contribution >= 4 is 50.9 Å². The summed E-state index contributed by atoms with van der Waals surface area (Å²) in [6, 6.07) is 7.93. The third kappa shape index (κ3) is 5.36. The Kier molecular flexibility index (Phi) is 6.92. The monoisotopic (exact) mass is 481 g/mol. The second-order valence-electron chi connectivity index (χ2n) is 6.37. The number of rotatable bonds is 8. The molecule has 1 N–H and O–H groups in total. The average molecular weight is 482 g/mol. The highest BCUT2D eigenvalue weighted by Gasteiger charge is 2.34. The molecule has 0 saturated carbocycles. The van der Waals surface area contributed by atoms with E-state index in [4.69, 9.17) is 9.52 Å². The van der Waals surface area contributed by atoms with Gasteiger partial charge in [-0.1, -0.05) is 6.42 Å². The van der Waals surface area contributed by atoms with Crippen LogP contribution in [0.25, 0.3) is 17.4 Å². The Hall–Kier alpha value is -2.39. The van der Waals surface area contributed by atoms with E-state index in [1.54, 1.807) is 24.3 Å². The lowest BCUT2D eigenvalue weighted by molar-refractivity contribution is -0.137. The van der Waals surface area contributed by atoms with Crippen molar-refractivity contribution in [1.82, 2.24) is 4.90 Å². The number of carbonyl (C=O) groups is 3. The summed E-state index contributed by atoms with van der Waals surface area (Å²) in [6.07, 6.45) is 3.25. The van der Waals surface area contributed by atoms with Gasteiger partial charge in [0.25, 0.3) is 11.1 Å². The molecule has 0 aliphatic carbocycles.